The molecular formula is C25H25ClN4O2S. The first-order valence-corrected chi connectivity index (χ1v) is 12.0. The SMILES string of the molecule is CNc1cc(-c2ccc(Cl)cc2)sc1C(=O)Nc1ccc(OCCN2CCCC2)c(C#N)c1. The van der Waals surface area contributed by atoms with E-state index in [1.165, 1.54) is 24.2 Å². The summed E-state index contributed by atoms with van der Waals surface area (Å²) < 4.78 is 5.84. The summed E-state index contributed by atoms with van der Waals surface area (Å²) in [5.74, 6) is 0.294. The summed E-state index contributed by atoms with van der Waals surface area (Å²) in [6.45, 7) is 3.60. The average Bonchev–Trinajstić information content (AvgIpc) is 3.50. The third kappa shape index (κ3) is 5.66. The van der Waals surface area contributed by atoms with Crippen molar-refractivity contribution in [3.63, 3.8) is 0 Å². The summed E-state index contributed by atoms with van der Waals surface area (Å²) in [4.78, 5) is 16.9. The van der Waals surface area contributed by atoms with Crippen LogP contribution in [0.3, 0.4) is 0 Å². The number of nitrogens with zero attached hydrogens (tertiary/aromatic N) is 2. The van der Waals surface area contributed by atoms with Crippen LogP contribution in [0.4, 0.5) is 11.4 Å². The number of benzene rings is 2. The molecule has 0 aliphatic carbocycles. The fourth-order valence-electron chi connectivity index (χ4n) is 3.80. The third-order valence-corrected chi connectivity index (χ3v) is 6.99. The summed E-state index contributed by atoms with van der Waals surface area (Å²) >= 11 is 7.38. The van der Waals surface area contributed by atoms with Gasteiger partial charge in [-0.15, -0.1) is 11.3 Å². The Kier molecular flexibility index (Phi) is 7.50. The van der Waals surface area contributed by atoms with E-state index in [2.05, 4.69) is 21.6 Å². The van der Waals surface area contributed by atoms with E-state index < -0.39 is 0 Å². The van der Waals surface area contributed by atoms with Crippen LogP contribution in [-0.4, -0.2) is 44.1 Å². The van der Waals surface area contributed by atoms with Gasteiger partial charge in [0.25, 0.3) is 5.91 Å². The van der Waals surface area contributed by atoms with E-state index in [4.69, 9.17) is 16.3 Å². The first kappa shape index (κ1) is 23.1. The summed E-state index contributed by atoms with van der Waals surface area (Å²) in [5.41, 5.74) is 2.68. The maximum atomic E-state index is 13.0. The fourth-order valence-corrected chi connectivity index (χ4v) is 4.99. The Morgan fingerprint density at radius 2 is 1.94 bits per heavy atom. The van der Waals surface area contributed by atoms with Gasteiger partial charge in [-0.05, 0) is 67.9 Å². The third-order valence-electron chi connectivity index (χ3n) is 5.56. The molecule has 2 aromatic carbocycles. The zero-order chi connectivity index (χ0) is 23.2. The lowest BCUT2D eigenvalue weighted by molar-refractivity contribution is 0.103. The Morgan fingerprint density at radius 1 is 1.18 bits per heavy atom. The molecule has 170 valence electrons. The smallest absolute Gasteiger partial charge is 0.267 e. The summed E-state index contributed by atoms with van der Waals surface area (Å²) in [6, 6.07) is 16.8. The van der Waals surface area contributed by atoms with Crippen molar-refractivity contribution in [3.05, 3.63) is 64.0 Å². The van der Waals surface area contributed by atoms with Crippen molar-refractivity contribution in [1.29, 1.82) is 5.26 Å². The number of amides is 1. The second-order valence-electron chi connectivity index (χ2n) is 7.78. The standard InChI is InChI=1S/C25H25ClN4O2S/c1-28-21-15-23(17-4-6-19(26)7-5-17)33-24(21)25(31)29-20-8-9-22(18(14-20)16-27)32-13-12-30-10-2-3-11-30/h4-9,14-15,28H,2-3,10-13H2,1H3,(H,29,31). The number of carbonyl (C=O) groups excluding carboxylic acids is 1. The highest BCUT2D eigenvalue weighted by Crippen LogP contribution is 2.36. The number of ether oxygens (including phenoxy) is 1. The van der Waals surface area contributed by atoms with Crippen LogP contribution in [0.15, 0.2) is 48.5 Å². The van der Waals surface area contributed by atoms with E-state index in [0.29, 0.717) is 33.5 Å². The first-order chi connectivity index (χ1) is 16.1. The number of carbonyl (C=O) groups is 1. The van der Waals surface area contributed by atoms with Gasteiger partial charge in [0.05, 0.1) is 11.3 Å². The van der Waals surface area contributed by atoms with E-state index >= 15 is 0 Å². The molecule has 8 heteroatoms. The summed E-state index contributed by atoms with van der Waals surface area (Å²) in [6.07, 6.45) is 2.47. The first-order valence-electron chi connectivity index (χ1n) is 10.9. The molecule has 0 bridgehead atoms. The lowest BCUT2D eigenvalue weighted by Crippen LogP contribution is -2.25. The number of thiophene rings is 1. The van der Waals surface area contributed by atoms with Crippen LogP contribution in [0.2, 0.25) is 5.02 Å². The van der Waals surface area contributed by atoms with Crippen molar-refractivity contribution in [2.24, 2.45) is 0 Å². The van der Waals surface area contributed by atoms with Gasteiger partial charge in [0.2, 0.25) is 0 Å². The van der Waals surface area contributed by atoms with Crippen molar-refractivity contribution in [3.8, 4) is 22.3 Å². The molecule has 1 amide bonds. The molecule has 1 saturated heterocycles. The van der Waals surface area contributed by atoms with Gasteiger partial charge in [-0.1, -0.05) is 23.7 Å². The molecule has 0 atom stereocenters. The van der Waals surface area contributed by atoms with Crippen LogP contribution in [-0.2, 0) is 0 Å². The summed E-state index contributed by atoms with van der Waals surface area (Å²) in [7, 11) is 1.78. The number of nitrogens with one attached hydrogen (secondary N) is 2. The molecule has 0 unspecified atom stereocenters. The minimum atomic E-state index is -0.240. The van der Waals surface area contributed by atoms with E-state index in [-0.39, 0.29) is 5.91 Å². The van der Waals surface area contributed by atoms with Crippen LogP contribution < -0.4 is 15.4 Å². The molecule has 3 aromatic rings. The average molecular weight is 481 g/mol. The number of halogens is 1. The molecule has 6 nitrogen and oxygen atoms in total. The van der Waals surface area contributed by atoms with Gasteiger partial charge in [0.15, 0.2) is 0 Å². The number of hydrogen-bond donors (Lipinski definition) is 2. The number of nitriles is 1. The van der Waals surface area contributed by atoms with Crippen molar-refractivity contribution in [2.75, 3.05) is 43.9 Å². The highest BCUT2D eigenvalue weighted by molar-refractivity contribution is 7.18. The molecule has 33 heavy (non-hydrogen) atoms. The Bertz CT molecular complexity index is 1160. The van der Waals surface area contributed by atoms with Gasteiger partial charge in [0.1, 0.15) is 23.3 Å². The van der Waals surface area contributed by atoms with Gasteiger partial charge >= 0.3 is 0 Å². The predicted octanol–water partition coefficient (Wildman–Crippen LogP) is 5.71. The molecule has 4 rings (SSSR count). The van der Waals surface area contributed by atoms with Gasteiger partial charge in [-0.2, -0.15) is 5.26 Å². The summed E-state index contributed by atoms with van der Waals surface area (Å²) in [5, 5.41) is 16.2. The Morgan fingerprint density at radius 3 is 2.64 bits per heavy atom. The van der Waals surface area contributed by atoms with Gasteiger partial charge < -0.3 is 15.4 Å². The van der Waals surface area contributed by atoms with E-state index in [1.54, 1.807) is 25.2 Å². The Hall–Kier alpha value is -3.05. The van der Waals surface area contributed by atoms with Crippen LogP contribution in [0.5, 0.6) is 5.75 Å². The molecule has 0 spiro atoms. The Balaban J connectivity index is 1.45. The van der Waals surface area contributed by atoms with Crippen molar-refractivity contribution >= 4 is 40.2 Å². The number of likely N-dealkylation sites (tertiary alicyclic amines) is 1. The van der Waals surface area contributed by atoms with Crippen molar-refractivity contribution in [2.45, 2.75) is 12.8 Å². The van der Waals surface area contributed by atoms with Crippen molar-refractivity contribution < 1.29 is 9.53 Å². The number of hydrogen-bond acceptors (Lipinski definition) is 6. The topological polar surface area (TPSA) is 77.4 Å². The van der Waals surface area contributed by atoms with Gasteiger partial charge in [0, 0.05) is 29.2 Å². The maximum absolute atomic E-state index is 13.0. The lowest BCUT2D eigenvalue weighted by atomic mass is 10.2. The minimum absolute atomic E-state index is 0.240. The normalized spacial score (nSPS) is 13.5. The molecule has 0 radical (unpaired) electrons. The van der Waals surface area contributed by atoms with Gasteiger partial charge in [-0.25, -0.2) is 0 Å². The van der Waals surface area contributed by atoms with Crippen LogP contribution in [0.1, 0.15) is 28.1 Å². The van der Waals surface area contributed by atoms with Crippen LogP contribution in [0.25, 0.3) is 10.4 Å². The second-order valence-corrected chi connectivity index (χ2v) is 9.27. The predicted molar refractivity (Wildman–Crippen MR) is 135 cm³/mol. The molecule has 2 heterocycles. The molecule has 1 aliphatic rings. The lowest BCUT2D eigenvalue weighted by Gasteiger charge is -2.15. The Labute approximate surface area is 202 Å². The quantitative estimate of drug-likeness (QED) is 0.432. The highest BCUT2D eigenvalue weighted by atomic mass is 35.5. The van der Waals surface area contributed by atoms with E-state index in [9.17, 15) is 10.1 Å². The second kappa shape index (κ2) is 10.7. The van der Waals surface area contributed by atoms with Crippen LogP contribution >= 0.6 is 22.9 Å². The van der Waals surface area contributed by atoms with Crippen molar-refractivity contribution in [1.82, 2.24) is 4.90 Å². The minimum Gasteiger partial charge on any atom is -0.491 e. The zero-order valence-electron chi connectivity index (χ0n) is 18.4. The van der Waals surface area contributed by atoms with E-state index in [0.717, 1.165) is 35.8 Å². The molecular weight excluding hydrogens is 456 g/mol. The highest BCUT2D eigenvalue weighted by Gasteiger charge is 2.18. The molecule has 2 N–H and O–H groups in total. The maximum Gasteiger partial charge on any atom is 0.267 e. The van der Waals surface area contributed by atoms with Crippen LogP contribution in [0, 0.1) is 11.3 Å². The fraction of sp³-hybridized carbons (Fsp3) is 0.280. The molecule has 1 aliphatic heterocycles. The van der Waals surface area contributed by atoms with Gasteiger partial charge in [-0.3, -0.25) is 9.69 Å². The number of anilines is 2. The molecule has 1 fully saturated rings. The largest absolute Gasteiger partial charge is 0.491 e. The molecule has 0 saturated carbocycles. The zero-order valence-corrected chi connectivity index (χ0v) is 19.9. The number of rotatable bonds is 8. The monoisotopic (exact) mass is 480 g/mol. The van der Waals surface area contributed by atoms with E-state index in [1.807, 2.05) is 30.3 Å². The molecule has 1 aromatic heterocycles.